The first-order chi connectivity index (χ1) is 7.59. The number of carbonyl (C=O) groups is 1. The highest BCUT2D eigenvalue weighted by atomic mass is 35.5. The van der Waals surface area contributed by atoms with E-state index in [2.05, 4.69) is 10.3 Å². The van der Waals surface area contributed by atoms with Crippen LogP contribution in [0.4, 0.5) is 4.39 Å². The van der Waals surface area contributed by atoms with Crippen LogP contribution in [0.25, 0.3) is 5.69 Å². The van der Waals surface area contributed by atoms with E-state index in [4.69, 9.17) is 17.3 Å². The van der Waals surface area contributed by atoms with Gasteiger partial charge in [0.2, 0.25) is 0 Å². The molecule has 0 atom stereocenters. The average molecular weight is 241 g/mol. The number of halogens is 2. The van der Waals surface area contributed by atoms with Crippen molar-refractivity contribution in [2.45, 2.75) is 0 Å². The summed E-state index contributed by atoms with van der Waals surface area (Å²) < 4.78 is 14.5. The van der Waals surface area contributed by atoms with Gasteiger partial charge >= 0.3 is 0 Å². The number of nitrogens with zero attached hydrogens (tertiary/aromatic N) is 3. The second-order valence-electron chi connectivity index (χ2n) is 2.98. The topological polar surface area (TPSA) is 73.8 Å². The van der Waals surface area contributed by atoms with Crippen molar-refractivity contribution in [1.82, 2.24) is 15.0 Å². The van der Waals surface area contributed by atoms with E-state index in [9.17, 15) is 9.18 Å². The lowest BCUT2D eigenvalue weighted by atomic mass is 10.3. The minimum atomic E-state index is -0.737. The Bertz CT molecular complexity index is 534. The monoisotopic (exact) mass is 240 g/mol. The van der Waals surface area contributed by atoms with E-state index in [1.54, 1.807) is 0 Å². The van der Waals surface area contributed by atoms with E-state index in [-0.39, 0.29) is 16.4 Å². The minimum absolute atomic E-state index is 0.0316. The number of primary amides is 1. The van der Waals surface area contributed by atoms with Crippen LogP contribution in [0.1, 0.15) is 10.5 Å². The second-order valence-corrected chi connectivity index (χ2v) is 3.39. The molecule has 0 saturated heterocycles. The smallest absolute Gasteiger partial charge is 0.270 e. The lowest BCUT2D eigenvalue weighted by Crippen LogP contribution is -2.11. The number of aromatic nitrogens is 3. The fourth-order valence-corrected chi connectivity index (χ4v) is 1.44. The number of rotatable bonds is 2. The maximum Gasteiger partial charge on any atom is 0.270 e. The number of hydrogen-bond donors (Lipinski definition) is 1. The Labute approximate surface area is 94.6 Å². The Morgan fingerprint density at radius 2 is 2.25 bits per heavy atom. The molecule has 2 aromatic rings. The first-order valence-corrected chi connectivity index (χ1v) is 4.64. The molecule has 2 N–H and O–H groups in total. The lowest BCUT2D eigenvalue weighted by Gasteiger charge is -2.03. The van der Waals surface area contributed by atoms with Gasteiger partial charge in [0.1, 0.15) is 11.5 Å². The SMILES string of the molecule is NC(=O)c1cn(-c2c(F)cccc2Cl)nn1. The number of hydrogen-bond acceptors (Lipinski definition) is 3. The molecule has 0 aliphatic rings. The molecule has 0 spiro atoms. The van der Waals surface area contributed by atoms with Gasteiger partial charge in [-0.25, -0.2) is 9.07 Å². The molecule has 0 fully saturated rings. The molecule has 16 heavy (non-hydrogen) atoms. The van der Waals surface area contributed by atoms with Gasteiger partial charge in [-0.15, -0.1) is 5.10 Å². The van der Waals surface area contributed by atoms with Crippen LogP contribution in [0.15, 0.2) is 24.4 Å². The van der Waals surface area contributed by atoms with Gasteiger partial charge in [0, 0.05) is 0 Å². The van der Waals surface area contributed by atoms with Gasteiger partial charge in [0.25, 0.3) is 5.91 Å². The van der Waals surface area contributed by atoms with Gasteiger partial charge in [-0.3, -0.25) is 4.79 Å². The highest BCUT2D eigenvalue weighted by Crippen LogP contribution is 2.22. The maximum atomic E-state index is 13.5. The van der Waals surface area contributed by atoms with Gasteiger partial charge in [-0.05, 0) is 12.1 Å². The standard InChI is InChI=1S/C9H6ClFN4O/c10-5-2-1-3-6(11)8(5)15-4-7(9(12)16)13-14-15/h1-4H,(H2,12,16). The van der Waals surface area contributed by atoms with Crippen molar-refractivity contribution < 1.29 is 9.18 Å². The molecule has 82 valence electrons. The molecular weight excluding hydrogens is 235 g/mol. The molecule has 0 aliphatic carbocycles. The van der Waals surface area contributed by atoms with Crippen molar-refractivity contribution in [3.63, 3.8) is 0 Å². The lowest BCUT2D eigenvalue weighted by molar-refractivity contribution is 0.0995. The molecule has 1 amide bonds. The van der Waals surface area contributed by atoms with Crippen molar-refractivity contribution >= 4 is 17.5 Å². The summed E-state index contributed by atoms with van der Waals surface area (Å²) in [6.45, 7) is 0. The highest BCUT2D eigenvalue weighted by Gasteiger charge is 2.13. The van der Waals surface area contributed by atoms with Crippen LogP contribution in [-0.4, -0.2) is 20.9 Å². The van der Waals surface area contributed by atoms with E-state index in [0.717, 1.165) is 4.68 Å². The molecule has 0 saturated carbocycles. The molecule has 1 aromatic carbocycles. The number of nitrogens with two attached hydrogens (primary N) is 1. The summed E-state index contributed by atoms with van der Waals surface area (Å²) in [7, 11) is 0. The van der Waals surface area contributed by atoms with Crippen molar-refractivity contribution in [3.05, 3.63) is 40.9 Å². The van der Waals surface area contributed by atoms with Gasteiger partial charge in [0.05, 0.1) is 11.2 Å². The van der Waals surface area contributed by atoms with Crippen LogP contribution in [0, 0.1) is 5.82 Å². The molecule has 0 unspecified atom stereocenters. The molecule has 0 radical (unpaired) electrons. The molecular formula is C9H6ClFN4O. The van der Waals surface area contributed by atoms with Crippen molar-refractivity contribution in [2.75, 3.05) is 0 Å². The van der Waals surface area contributed by atoms with Gasteiger partial charge in [0.15, 0.2) is 5.69 Å². The third-order valence-electron chi connectivity index (χ3n) is 1.91. The predicted octanol–water partition coefficient (Wildman–Crippen LogP) is 1.16. The fraction of sp³-hybridized carbons (Fsp3) is 0. The van der Waals surface area contributed by atoms with Crippen LogP contribution >= 0.6 is 11.6 Å². The molecule has 0 bridgehead atoms. The summed E-state index contributed by atoms with van der Waals surface area (Å²) in [4.78, 5) is 10.8. The predicted molar refractivity (Wildman–Crippen MR) is 54.8 cm³/mol. The molecule has 7 heteroatoms. The Kier molecular flexibility index (Phi) is 2.57. The summed E-state index contributed by atoms with van der Waals surface area (Å²) in [5, 5.41) is 7.23. The van der Waals surface area contributed by atoms with Crippen molar-refractivity contribution in [3.8, 4) is 5.69 Å². The molecule has 0 aliphatic heterocycles. The Morgan fingerprint density at radius 3 is 2.81 bits per heavy atom. The van der Waals surface area contributed by atoms with Gasteiger partial charge in [-0.2, -0.15) is 0 Å². The average Bonchev–Trinajstić information content (AvgIpc) is 2.66. The van der Waals surface area contributed by atoms with Crippen LogP contribution in [0.2, 0.25) is 5.02 Å². The first kappa shape index (κ1) is 10.6. The Morgan fingerprint density at radius 1 is 1.50 bits per heavy atom. The van der Waals surface area contributed by atoms with Crippen LogP contribution in [0.5, 0.6) is 0 Å². The summed E-state index contributed by atoms with van der Waals surface area (Å²) in [5.74, 6) is -1.30. The molecule has 2 rings (SSSR count). The van der Waals surface area contributed by atoms with Crippen molar-refractivity contribution in [1.29, 1.82) is 0 Å². The summed E-state index contributed by atoms with van der Waals surface area (Å²) in [5.41, 5.74) is 4.98. The Hall–Kier alpha value is -1.95. The molecule has 1 heterocycles. The number of amides is 1. The van der Waals surface area contributed by atoms with Gasteiger partial charge in [-0.1, -0.05) is 22.9 Å². The maximum absolute atomic E-state index is 13.5. The quantitative estimate of drug-likeness (QED) is 0.856. The largest absolute Gasteiger partial charge is 0.364 e. The highest BCUT2D eigenvalue weighted by molar-refractivity contribution is 6.32. The van der Waals surface area contributed by atoms with Crippen LogP contribution in [-0.2, 0) is 0 Å². The summed E-state index contributed by atoms with van der Waals surface area (Å²) >= 11 is 5.81. The second kappa shape index (κ2) is 3.90. The van der Waals surface area contributed by atoms with E-state index in [1.807, 2.05) is 0 Å². The normalized spacial score (nSPS) is 10.4. The van der Waals surface area contributed by atoms with Crippen molar-refractivity contribution in [2.24, 2.45) is 5.73 Å². The number of benzene rings is 1. The van der Waals surface area contributed by atoms with E-state index in [0.29, 0.717) is 0 Å². The van der Waals surface area contributed by atoms with Crippen LogP contribution < -0.4 is 5.73 Å². The number of para-hydroxylation sites is 1. The zero-order valence-corrected chi connectivity index (χ0v) is 8.65. The van der Waals surface area contributed by atoms with E-state index in [1.165, 1.54) is 24.4 Å². The van der Waals surface area contributed by atoms with Crippen LogP contribution in [0.3, 0.4) is 0 Å². The minimum Gasteiger partial charge on any atom is -0.364 e. The third kappa shape index (κ3) is 1.74. The zero-order valence-electron chi connectivity index (χ0n) is 7.89. The fourth-order valence-electron chi connectivity index (χ4n) is 1.19. The molecule has 1 aromatic heterocycles. The van der Waals surface area contributed by atoms with Gasteiger partial charge < -0.3 is 5.73 Å². The van der Waals surface area contributed by atoms with E-state index < -0.39 is 11.7 Å². The third-order valence-corrected chi connectivity index (χ3v) is 2.22. The zero-order chi connectivity index (χ0) is 11.7. The number of carbonyl (C=O) groups excluding carboxylic acids is 1. The Balaban J connectivity index is 2.54. The van der Waals surface area contributed by atoms with E-state index >= 15 is 0 Å². The first-order valence-electron chi connectivity index (χ1n) is 4.26. The summed E-state index contributed by atoms with van der Waals surface area (Å²) in [6.07, 6.45) is 1.21. The molecule has 5 nitrogen and oxygen atoms in total. The summed E-state index contributed by atoms with van der Waals surface area (Å²) in [6, 6.07) is 4.20.